The van der Waals surface area contributed by atoms with Gasteiger partial charge in [0.1, 0.15) is 5.75 Å². The summed E-state index contributed by atoms with van der Waals surface area (Å²) in [5.74, 6) is -0.354. The molecule has 120 valence electrons. The number of rotatable bonds is 5. The van der Waals surface area contributed by atoms with Crippen molar-refractivity contribution in [3.05, 3.63) is 29.3 Å². The Bertz CT molecular complexity index is 544. The number of hydrogen-bond donors (Lipinski definition) is 1. The van der Waals surface area contributed by atoms with E-state index in [1.54, 1.807) is 18.2 Å². The molecule has 0 amide bonds. The van der Waals surface area contributed by atoms with Gasteiger partial charge in [-0.3, -0.25) is 4.79 Å². The molecular weight excluding hydrogens is 284 g/mol. The number of aromatic carboxylic acids is 1. The zero-order valence-electron chi connectivity index (χ0n) is 13.0. The minimum absolute atomic E-state index is 0.0183. The largest absolute Gasteiger partial charge is 0.490 e. The zero-order valence-corrected chi connectivity index (χ0v) is 13.0. The molecule has 1 aliphatic carbocycles. The normalized spacial score (nSPS) is 21.2. The SMILES string of the molecule is CCOC(=O)[C@H]1CC[C@@H](Oc2ccc(C(=O)O)cc2C)CC1. The Labute approximate surface area is 130 Å². The smallest absolute Gasteiger partial charge is 0.335 e. The maximum absolute atomic E-state index is 11.7. The topological polar surface area (TPSA) is 72.8 Å². The molecule has 0 radical (unpaired) electrons. The molecule has 1 saturated carbocycles. The van der Waals surface area contributed by atoms with E-state index in [1.165, 1.54) is 0 Å². The van der Waals surface area contributed by atoms with Crippen LogP contribution < -0.4 is 4.74 Å². The maximum atomic E-state index is 11.7. The van der Waals surface area contributed by atoms with E-state index in [4.69, 9.17) is 14.6 Å². The fraction of sp³-hybridized carbons (Fsp3) is 0.529. The lowest BCUT2D eigenvalue weighted by Gasteiger charge is -2.28. The van der Waals surface area contributed by atoms with Crippen LogP contribution in [0.25, 0.3) is 0 Å². The fourth-order valence-electron chi connectivity index (χ4n) is 2.77. The third-order valence-electron chi connectivity index (χ3n) is 4.01. The lowest BCUT2D eigenvalue weighted by atomic mass is 9.87. The minimum atomic E-state index is -0.940. The number of benzene rings is 1. The van der Waals surface area contributed by atoms with Crippen molar-refractivity contribution in [1.82, 2.24) is 0 Å². The van der Waals surface area contributed by atoms with Crippen LogP contribution in [0.2, 0.25) is 0 Å². The molecule has 1 aliphatic rings. The molecule has 0 saturated heterocycles. The van der Waals surface area contributed by atoms with E-state index in [2.05, 4.69) is 0 Å². The summed E-state index contributed by atoms with van der Waals surface area (Å²) >= 11 is 0. The summed E-state index contributed by atoms with van der Waals surface area (Å²) in [6.45, 7) is 4.08. The van der Waals surface area contributed by atoms with Crippen molar-refractivity contribution >= 4 is 11.9 Å². The van der Waals surface area contributed by atoms with Crippen molar-refractivity contribution in [3.8, 4) is 5.75 Å². The second kappa shape index (κ2) is 7.29. The lowest BCUT2D eigenvalue weighted by molar-refractivity contribution is -0.149. The molecule has 0 aliphatic heterocycles. The third kappa shape index (κ3) is 4.00. The van der Waals surface area contributed by atoms with Crippen LogP contribution >= 0.6 is 0 Å². The molecule has 5 heteroatoms. The van der Waals surface area contributed by atoms with Crippen LogP contribution in [0.3, 0.4) is 0 Å². The van der Waals surface area contributed by atoms with Gasteiger partial charge in [-0.05, 0) is 63.3 Å². The van der Waals surface area contributed by atoms with Crippen molar-refractivity contribution < 1.29 is 24.2 Å². The van der Waals surface area contributed by atoms with Crippen molar-refractivity contribution in [2.24, 2.45) is 5.92 Å². The lowest BCUT2D eigenvalue weighted by Crippen LogP contribution is -2.29. The predicted molar refractivity (Wildman–Crippen MR) is 81.1 cm³/mol. The van der Waals surface area contributed by atoms with Gasteiger partial charge >= 0.3 is 11.9 Å². The first kappa shape index (κ1) is 16.3. The summed E-state index contributed by atoms with van der Waals surface area (Å²) in [6, 6.07) is 4.87. The summed E-state index contributed by atoms with van der Waals surface area (Å²) in [5.41, 5.74) is 1.07. The van der Waals surface area contributed by atoms with Crippen LogP contribution in [0.5, 0.6) is 5.75 Å². The number of carbonyl (C=O) groups excluding carboxylic acids is 1. The maximum Gasteiger partial charge on any atom is 0.335 e. The molecule has 1 aromatic rings. The Kier molecular flexibility index (Phi) is 5.41. The molecule has 22 heavy (non-hydrogen) atoms. The summed E-state index contributed by atoms with van der Waals surface area (Å²) in [5, 5.41) is 8.96. The van der Waals surface area contributed by atoms with Crippen LogP contribution in [0.1, 0.15) is 48.5 Å². The Balaban J connectivity index is 1.91. The van der Waals surface area contributed by atoms with Crippen LogP contribution in [-0.2, 0) is 9.53 Å². The molecule has 0 bridgehead atoms. The summed E-state index contributed by atoms with van der Waals surface area (Å²) in [7, 11) is 0. The number of carboxylic acids is 1. The van der Waals surface area contributed by atoms with E-state index in [9.17, 15) is 9.59 Å². The van der Waals surface area contributed by atoms with Gasteiger partial charge in [0.25, 0.3) is 0 Å². The van der Waals surface area contributed by atoms with Gasteiger partial charge in [-0.1, -0.05) is 0 Å². The van der Waals surface area contributed by atoms with Gasteiger partial charge in [0.05, 0.1) is 24.2 Å². The van der Waals surface area contributed by atoms with Crippen molar-refractivity contribution in [1.29, 1.82) is 0 Å². The quantitative estimate of drug-likeness (QED) is 0.846. The Hall–Kier alpha value is -2.04. The van der Waals surface area contributed by atoms with E-state index < -0.39 is 5.97 Å². The van der Waals surface area contributed by atoms with Gasteiger partial charge in [0.2, 0.25) is 0 Å². The molecule has 0 spiro atoms. The van der Waals surface area contributed by atoms with Gasteiger partial charge in [-0.25, -0.2) is 4.79 Å². The van der Waals surface area contributed by atoms with E-state index in [0.29, 0.717) is 12.4 Å². The molecule has 1 N–H and O–H groups in total. The van der Waals surface area contributed by atoms with Crippen LogP contribution in [0.4, 0.5) is 0 Å². The van der Waals surface area contributed by atoms with Crippen LogP contribution in [0.15, 0.2) is 18.2 Å². The highest BCUT2D eigenvalue weighted by Crippen LogP contribution is 2.30. The highest BCUT2D eigenvalue weighted by molar-refractivity contribution is 5.88. The van der Waals surface area contributed by atoms with Gasteiger partial charge in [0, 0.05) is 0 Å². The Morgan fingerprint density at radius 1 is 1.23 bits per heavy atom. The predicted octanol–water partition coefficient (Wildman–Crippen LogP) is 3.19. The van der Waals surface area contributed by atoms with Crippen molar-refractivity contribution in [2.75, 3.05) is 6.61 Å². The van der Waals surface area contributed by atoms with Gasteiger partial charge < -0.3 is 14.6 Å². The number of ether oxygens (including phenoxy) is 2. The highest BCUT2D eigenvalue weighted by Gasteiger charge is 2.28. The van der Waals surface area contributed by atoms with Gasteiger partial charge in [-0.15, -0.1) is 0 Å². The standard InChI is InChI=1S/C17H22O5/c1-3-21-17(20)12-4-7-14(8-5-12)22-15-9-6-13(16(18)19)10-11(15)2/h6,9-10,12,14H,3-5,7-8H2,1-2H3,(H,18,19)/t12-,14+. The first-order valence-corrected chi connectivity index (χ1v) is 7.68. The van der Waals surface area contributed by atoms with Crippen LogP contribution in [0, 0.1) is 12.8 Å². The Morgan fingerprint density at radius 3 is 2.45 bits per heavy atom. The average molecular weight is 306 g/mol. The molecule has 5 nitrogen and oxygen atoms in total. The Morgan fingerprint density at radius 2 is 1.91 bits per heavy atom. The first-order chi connectivity index (χ1) is 10.5. The fourth-order valence-corrected chi connectivity index (χ4v) is 2.77. The molecule has 0 aromatic heterocycles. The number of carbonyl (C=O) groups is 2. The molecule has 1 aromatic carbocycles. The molecular formula is C17H22O5. The van der Waals surface area contributed by atoms with E-state index in [1.807, 2.05) is 13.8 Å². The van der Waals surface area contributed by atoms with E-state index in [-0.39, 0.29) is 23.6 Å². The molecule has 2 rings (SSSR count). The second-order valence-electron chi connectivity index (χ2n) is 5.63. The minimum Gasteiger partial charge on any atom is -0.490 e. The molecule has 0 heterocycles. The van der Waals surface area contributed by atoms with Crippen LogP contribution in [-0.4, -0.2) is 29.8 Å². The average Bonchev–Trinajstić information content (AvgIpc) is 2.50. The molecule has 0 atom stereocenters. The van der Waals surface area contributed by atoms with E-state index in [0.717, 1.165) is 31.2 Å². The third-order valence-corrected chi connectivity index (χ3v) is 4.01. The molecule has 1 fully saturated rings. The van der Waals surface area contributed by atoms with Crippen molar-refractivity contribution in [2.45, 2.75) is 45.6 Å². The number of esters is 1. The number of aryl methyl sites for hydroxylation is 1. The summed E-state index contributed by atoms with van der Waals surface area (Å²) in [4.78, 5) is 22.6. The van der Waals surface area contributed by atoms with E-state index >= 15 is 0 Å². The number of carboxylic acid groups (broad SMARTS) is 1. The molecule has 0 unspecified atom stereocenters. The summed E-state index contributed by atoms with van der Waals surface area (Å²) < 4.78 is 11.0. The van der Waals surface area contributed by atoms with Gasteiger partial charge in [-0.2, -0.15) is 0 Å². The van der Waals surface area contributed by atoms with Gasteiger partial charge in [0.15, 0.2) is 0 Å². The zero-order chi connectivity index (χ0) is 16.1. The first-order valence-electron chi connectivity index (χ1n) is 7.68. The summed E-state index contributed by atoms with van der Waals surface area (Å²) in [6.07, 6.45) is 3.23. The highest BCUT2D eigenvalue weighted by atomic mass is 16.5. The van der Waals surface area contributed by atoms with Crippen molar-refractivity contribution in [3.63, 3.8) is 0 Å². The monoisotopic (exact) mass is 306 g/mol. The second-order valence-corrected chi connectivity index (χ2v) is 5.63. The number of hydrogen-bond acceptors (Lipinski definition) is 4.